The van der Waals surface area contributed by atoms with Gasteiger partial charge in [-0.1, -0.05) is 53.2 Å². The minimum Gasteiger partial charge on any atom is -0.355 e. The van der Waals surface area contributed by atoms with Crippen molar-refractivity contribution in [2.75, 3.05) is 5.32 Å². The van der Waals surface area contributed by atoms with Gasteiger partial charge in [0, 0.05) is 11.3 Å². The van der Waals surface area contributed by atoms with Gasteiger partial charge in [0.2, 0.25) is 0 Å². The van der Waals surface area contributed by atoms with E-state index in [0.29, 0.717) is 17.0 Å². The summed E-state index contributed by atoms with van der Waals surface area (Å²) in [6.45, 7) is 3.77. The second kappa shape index (κ2) is 5.85. The molecule has 4 nitrogen and oxygen atoms in total. The Kier molecular flexibility index (Phi) is 3.74. The number of carbonyl (C=O) groups excluding carboxylic acids is 1. The van der Waals surface area contributed by atoms with E-state index in [1.54, 1.807) is 6.92 Å². The average Bonchev–Trinajstić information content (AvgIpc) is 2.92. The summed E-state index contributed by atoms with van der Waals surface area (Å²) in [6.07, 6.45) is 0. The summed E-state index contributed by atoms with van der Waals surface area (Å²) in [5.41, 5.74) is 3.76. The number of hydrogen-bond acceptors (Lipinski definition) is 3. The Morgan fingerprint density at radius 2 is 1.68 bits per heavy atom. The zero-order valence-electron chi connectivity index (χ0n) is 12.5. The van der Waals surface area contributed by atoms with Crippen molar-refractivity contribution in [3.8, 4) is 11.3 Å². The number of aromatic nitrogens is 1. The van der Waals surface area contributed by atoms with Crippen molar-refractivity contribution in [3.05, 3.63) is 71.4 Å². The topological polar surface area (TPSA) is 55.1 Å². The first kappa shape index (κ1) is 14.1. The molecule has 3 aromatic rings. The molecule has 1 heterocycles. The number of aryl methyl sites for hydroxylation is 2. The Labute approximate surface area is 128 Å². The van der Waals surface area contributed by atoms with Gasteiger partial charge in [-0.2, -0.15) is 0 Å². The quantitative estimate of drug-likeness (QED) is 0.786. The number of rotatable bonds is 3. The summed E-state index contributed by atoms with van der Waals surface area (Å²) in [5.74, 6) is 0.268. The molecule has 0 aliphatic rings. The molecule has 0 atom stereocenters. The van der Waals surface area contributed by atoms with Gasteiger partial charge < -0.3 is 9.84 Å². The van der Waals surface area contributed by atoms with Crippen molar-refractivity contribution >= 4 is 11.6 Å². The first-order valence-corrected chi connectivity index (χ1v) is 7.05. The number of anilines is 1. The van der Waals surface area contributed by atoms with E-state index in [1.807, 2.05) is 61.5 Å². The summed E-state index contributed by atoms with van der Waals surface area (Å²) >= 11 is 0. The first-order valence-electron chi connectivity index (χ1n) is 7.05. The van der Waals surface area contributed by atoms with Crippen LogP contribution in [0.4, 0.5) is 5.69 Å². The van der Waals surface area contributed by atoms with Crippen molar-refractivity contribution in [2.24, 2.45) is 0 Å². The highest BCUT2D eigenvalue weighted by atomic mass is 16.5. The molecule has 0 unspecified atom stereocenters. The molecule has 1 N–H and O–H groups in total. The molecule has 22 heavy (non-hydrogen) atoms. The van der Waals surface area contributed by atoms with E-state index in [1.165, 1.54) is 0 Å². The van der Waals surface area contributed by atoms with E-state index in [2.05, 4.69) is 10.5 Å². The van der Waals surface area contributed by atoms with Crippen LogP contribution in [0.3, 0.4) is 0 Å². The number of nitrogens with one attached hydrogen (secondary N) is 1. The average molecular weight is 292 g/mol. The molecule has 3 rings (SSSR count). The molecule has 0 radical (unpaired) electrons. The molecule has 0 saturated carbocycles. The number of hydrogen-bond donors (Lipinski definition) is 1. The third-order valence-corrected chi connectivity index (χ3v) is 3.44. The number of benzene rings is 2. The van der Waals surface area contributed by atoms with Crippen LogP contribution in [0, 0.1) is 13.8 Å². The van der Waals surface area contributed by atoms with Crippen LogP contribution in [0.5, 0.6) is 0 Å². The third-order valence-electron chi connectivity index (χ3n) is 3.44. The van der Waals surface area contributed by atoms with Gasteiger partial charge in [-0.3, -0.25) is 4.79 Å². The van der Waals surface area contributed by atoms with Crippen molar-refractivity contribution in [1.29, 1.82) is 0 Å². The zero-order valence-corrected chi connectivity index (χ0v) is 12.5. The highest BCUT2D eigenvalue weighted by Gasteiger charge is 2.21. The van der Waals surface area contributed by atoms with Gasteiger partial charge in [0.25, 0.3) is 5.91 Å². The highest BCUT2D eigenvalue weighted by molar-refractivity contribution is 6.08. The molecule has 0 fully saturated rings. The maximum atomic E-state index is 12.6. The molecule has 110 valence electrons. The Hall–Kier alpha value is -2.88. The van der Waals surface area contributed by atoms with Crippen molar-refractivity contribution < 1.29 is 9.32 Å². The fraction of sp³-hybridized carbons (Fsp3) is 0.111. The van der Waals surface area contributed by atoms with Gasteiger partial charge in [-0.25, -0.2) is 0 Å². The molecular weight excluding hydrogens is 276 g/mol. The van der Waals surface area contributed by atoms with Crippen molar-refractivity contribution in [2.45, 2.75) is 13.8 Å². The van der Waals surface area contributed by atoms with E-state index >= 15 is 0 Å². The predicted octanol–water partition coefficient (Wildman–Crippen LogP) is 4.21. The van der Waals surface area contributed by atoms with Gasteiger partial charge in [0.1, 0.15) is 5.56 Å². The Morgan fingerprint density at radius 1 is 1.00 bits per heavy atom. The molecule has 0 aliphatic carbocycles. The maximum Gasteiger partial charge on any atom is 0.261 e. The van der Waals surface area contributed by atoms with E-state index in [-0.39, 0.29) is 5.91 Å². The van der Waals surface area contributed by atoms with Crippen LogP contribution >= 0.6 is 0 Å². The monoisotopic (exact) mass is 292 g/mol. The summed E-state index contributed by atoms with van der Waals surface area (Å²) in [5, 5.41) is 6.82. The maximum absolute atomic E-state index is 12.6. The highest BCUT2D eigenvalue weighted by Crippen LogP contribution is 2.26. The molecule has 1 aromatic heterocycles. The summed E-state index contributed by atoms with van der Waals surface area (Å²) in [4.78, 5) is 12.6. The van der Waals surface area contributed by atoms with Gasteiger partial charge in [0.15, 0.2) is 5.76 Å². The summed E-state index contributed by atoms with van der Waals surface area (Å²) in [6, 6.07) is 17.1. The van der Waals surface area contributed by atoms with Crippen molar-refractivity contribution in [3.63, 3.8) is 0 Å². The molecule has 4 heteroatoms. The molecule has 0 spiro atoms. The van der Waals surface area contributed by atoms with Gasteiger partial charge in [-0.15, -0.1) is 0 Å². The van der Waals surface area contributed by atoms with Crippen molar-refractivity contribution in [1.82, 2.24) is 5.16 Å². The van der Waals surface area contributed by atoms with E-state index in [0.717, 1.165) is 16.8 Å². The van der Waals surface area contributed by atoms with Crippen LogP contribution in [0.25, 0.3) is 11.3 Å². The number of nitrogens with zero attached hydrogens (tertiary/aromatic N) is 1. The second-order valence-corrected chi connectivity index (χ2v) is 5.16. The summed E-state index contributed by atoms with van der Waals surface area (Å²) in [7, 11) is 0. The third kappa shape index (κ3) is 2.76. The zero-order chi connectivity index (χ0) is 15.5. The normalized spacial score (nSPS) is 10.5. The Morgan fingerprint density at radius 3 is 2.36 bits per heavy atom. The van der Waals surface area contributed by atoms with Crippen LogP contribution in [0.2, 0.25) is 0 Å². The van der Waals surface area contributed by atoms with E-state index in [9.17, 15) is 4.79 Å². The van der Waals surface area contributed by atoms with Gasteiger partial charge >= 0.3 is 0 Å². The molecule has 0 bridgehead atoms. The van der Waals surface area contributed by atoms with Crippen LogP contribution < -0.4 is 5.32 Å². The van der Waals surface area contributed by atoms with E-state index in [4.69, 9.17) is 4.52 Å². The smallest absolute Gasteiger partial charge is 0.261 e. The van der Waals surface area contributed by atoms with Gasteiger partial charge in [0.05, 0.1) is 5.69 Å². The standard InChI is InChI=1S/C18H16N2O2/c1-12-8-10-15(11-9-12)19-18(21)16-13(2)20-22-17(16)14-6-4-3-5-7-14/h3-11H,1-2H3,(H,19,21). The number of amides is 1. The molecule has 1 amide bonds. The lowest BCUT2D eigenvalue weighted by Gasteiger charge is -2.06. The second-order valence-electron chi connectivity index (χ2n) is 5.16. The summed E-state index contributed by atoms with van der Waals surface area (Å²) < 4.78 is 5.35. The fourth-order valence-corrected chi connectivity index (χ4v) is 2.25. The molecule has 0 aliphatic heterocycles. The van der Waals surface area contributed by atoms with Gasteiger partial charge in [-0.05, 0) is 26.0 Å². The van der Waals surface area contributed by atoms with Crippen LogP contribution in [-0.2, 0) is 0 Å². The number of carbonyl (C=O) groups is 1. The fourth-order valence-electron chi connectivity index (χ4n) is 2.25. The lowest BCUT2D eigenvalue weighted by molar-refractivity contribution is 0.102. The lowest BCUT2D eigenvalue weighted by atomic mass is 10.1. The van der Waals surface area contributed by atoms with Crippen LogP contribution in [-0.4, -0.2) is 11.1 Å². The van der Waals surface area contributed by atoms with E-state index < -0.39 is 0 Å². The minimum absolute atomic E-state index is 0.221. The van der Waals surface area contributed by atoms with Crippen LogP contribution in [0.15, 0.2) is 59.1 Å². The Balaban J connectivity index is 1.93. The molecule has 0 saturated heterocycles. The van der Waals surface area contributed by atoms with Crippen LogP contribution in [0.1, 0.15) is 21.6 Å². The molecular formula is C18H16N2O2. The first-order chi connectivity index (χ1) is 10.6. The minimum atomic E-state index is -0.221. The lowest BCUT2D eigenvalue weighted by Crippen LogP contribution is -2.13. The largest absolute Gasteiger partial charge is 0.355 e. The SMILES string of the molecule is Cc1ccc(NC(=O)c2c(C)noc2-c2ccccc2)cc1. The molecule has 2 aromatic carbocycles. The predicted molar refractivity (Wildman–Crippen MR) is 85.8 cm³/mol. The Bertz CT molecular complexity index is 790.